The first kappa shape index (κ1) is 15.8. The lowest BCUT2D eigenvalue weighted by molar-refractivity contribution is 0.305. The van der Waals surface area contributed by atoms with Gasteiger partial charge >= 0.3 is 0 Å². The summed E-state index contributed by atoms with van der Waals surface area (Å²) < 4.78 is 40.9. The van der Waals surface area contributed by atoms with Crippen LogP contribution >= 0.6 is 11.6 Å². The molecule has 0 radical (unpaired) electrons. The van der Waals surface area contributed by atoms with Gasteiger partial charge in [-0.2, -0.15) is 0 Å². The van der Waals surface area contributed by atoms with E-state index in [1.807, 2.05) is 0 Å². The summed E-state index contributed by atoms with van der Waals surface area (Å²) >= 11 is 5.96. The fourth-order valence-corrected chi connectivity index (χ4v) is 2.59. The van der Waals surface area contributed by atoms with Crippen LogP contribution in [0.5, 0.6) is 5.75 Å². The van der Waals surface area contributed by atoms with Gasteiger partial charge < -0.3 is 4.74 Å². The highest BCUT2D eigenvalue weighted by atomic mass is 35.5. The Bertz CT molecular complexity index is 778. The first-order valence-electron chi connectivity index (χ1n) is 5.97. The summed E-state index contributed by atoms with van der Waals surface area (Å²) in [6.07, 6.45) is 0. The van der Waals surface area contributed by atoms with Crippen LogP contribution in [0.15, 0.2) is 41.3 Å². The Labute approximate surface area is 127 Å². The molecule has 0 aliphatic heterocycles. The number of hydrogen-bond donors (Lipinski definition) is 1. The van der Waals surface area contributed by atoms with Crippen molar-refractivity contribution in [2.24, 2.45) is 5.14 Å². The van der Waals surface area contributed by atoms with Crippen molar-refractivity contribution in [3.05, 3.63) is 58.4 Å². The number of hydrogen-bond acceptors (Lipinski definition) is 3. The number of nitrogens with two attached hydrogens (primary N) is 1. The quantitative estimate of drug-likeness (QED) is 0.937. The highest BCUT2D eigenvalue weighted by Crippen LogP contribution is 2.28. The second-order valence-electron chi connectivity index (χ2n) is 4.50. The van der Waals surface area contributed by atoms with Gasteiger partial charge in [0.25, 0.3) is 0 Å². The second kappa shape index (κ2) is 6.01. The van der Waals surface area contributed by atoms with Gasteiger partial charge in [-0.15, -0.1) is 0 Å². The Hall–Kier alpha value is -1.63. The van der Waals surface area contributed by atoms with Gasteiger partial charge in [-0.25, -0.2) is 17.9 Å². The number of benzene rings is 2. The maximum atomic E-state index is 13.0. The SMILES string of the molecule is Cc1cc(F)ccc1COc1ccc(S(N)(=O)=O)cc1Cl. The fraction of sp³-hybridized carbons (Fsp3) is 0.143. The second-order valence-corrected chi connectivity index (χ2v) is 6.47. The van der Waals surface area contributed by atoms with E-state index in [2.05, 4.69) is 0 Å². The molecule has 0 aromatic heterocycles. The number of ether oxygens (including phenoxy) is 1. The van der Waals surface area contributed by atoms with Crippen molar-refractivity contribution in [1.82, 2.24) is 0 Å². The zero-order valence-electron chi connectivity index (χ0n) is 11.1. The zero-order valence-corrected chi connectivity index (χ0v) is 12.7. The predicted molar refractivity (Wildman–Crippen MR) is 78.3 cm³/mol. The lowest BCUT2D eigenvalue weighted by Gasteiger charge is -2.11. The van der Waals surface area contributed by atoms with Crippen LogP contribution in [-0.4, -0.2) is 8.42 Å². The Morgan fingerprint density at radius 2 is 1.95 bits per heavy atom. The van der Waals surface area contributed by atoms with Gasteiger partial charge in [-0.1, -0.05) is 17.7 Å². The van der Waals surface area contributed by atoms with Crippen LogP contribution in [0.25, 0.3) is 0 Å². The number of rotatable bonds is 4. The van der Waals surface area contributed by atoms with Gasteiger partial charge in [-0.3, -0.25) is 0 Å². The highest BCUT2D eigenvalue weighted by molar-refractivity contribution is 7.89. The van der Waals surface area contributed by atoms with Crippen molar-refractivity contribution in [3.63, 3.8) is 0 Å². The summed E-state index contributed by atoms with van der Waals surface area (Å²) in [4.78, 5) is -0.0854. The third-order valence-corrected chi connectivity index (χ3v) is 4.13. The van der Waals surface area contributed by atoms with E-state index >= 15 is 0 Å². The molecule has 0 saturated carbocycles. The summed E-state index contributed by atoms with van der Waals surface area (Å²) in [5.74, 6) is 0.0135. The average molecular weight is 330 g/mol. The summed E-state index contributed by atoms with van der Waals surface area (Å²) in [6, 6.07) is 8.35. The van der Waals surface area contributed by atoms with E-state index in [9.17, 15) is 12.8 Å². The van der Waals surface area contributed by atoms with Crippen LogP contribution in [0.3, 0.4) is 0 Å². The van der Waals surface area contributed by atoms with E-state index in [0.29, 0.717) is 5.75 Å². The minimum Gasteiger partial charge on any atom is -0.487 e. The Morgan fingerprint density at radius 1 is 1.24 bits per heavy atom. The summed E-state index contributed by atoms with van der Waals surface area (Å²) in [5, 5.41) is 5.15. The third-order valence-electron chi connectivity index (χ3n) is 2.92. The van der Waals surface area contributed by atoms with Crippen LogP contribution < -0.4 is 9.88 Å². The topological polar surface area (TPSA) is 69.4 Å². The number of primary sulfonamides is 1. The van der Waals surface area contributed by atoms with Crippen LogP contribution in [-0.2, 0) is 16.6 Å². The lowest BCUT2D eigenvalue weighted by Crippen LogP contribution is -2.12. The highest BCUT2D eigenvalue weighted by Gasteiger charge is 2.11. The number of halogens is 2. The third kappa shape index (κ3) is 3.93. The van der Waals surface area contributed by atoms with Crippen LogP contribution in [0.2, 0.25) is 5.02 Å². The maximum Gasteiger partial charge on any atom is 0.238 e. The smallest absolute Gasteiger partial charge is 0.238 e. The molecule has 0 heterocycles. The molecule has 0 aliphatic carbocycles. The molecule has 0 aliphatic rings. The fourth-order valence-electron chi connectivity index (χ4n) is 1.75. The van der Waals surface area contributed by atoms with Gasteiger partial charge in [0.15, 0.2) is 0 Å². The molecular formula is C14H13ClFNO3S. The van der Waals surface area contributed by atoms with Crippen molar-refractivity contribution in [2.45, 2.75) is 18.4 Å². The van der Waals surface area contributed by atoms with Crippen LogP contribution in [0, 0.1) is 12.7 Å². The van der Waals surface area contributed by atoms with E-state index in [0.717, 1.165) is 11.1 Å². The maximum absolute atomic E-state index is 13.0. The molecule has 112 valence electrons. The largest absolute Gasteiger partial charge is 0.487 e. The predicted octanol–water partition coefficient (Wildman–Crippen LogP) is 3.01. The van der Waals surface area contributed by atoms with Gasteiger partial charge in [0.2, 0.25) is 10.0 Å². The lowest BCUT2D eigenvalue weighted by atomic mass is 10.1. The monoisotopic (exact) mass is 329 g/mol. The molecule has 0 saturated heterocycles. The molecule has 0 unspecified atom stereocenters. The van der Waals surface area contributed by atoms with Crippen molar-refractivity contribution >= 4 is 21.6 Å². The summed E-state index contributed by atoms with van der Waals surface area (Å²) in [6.45, 7) is 1.97. The molecular weight excluding hydrogens is 317 g/mol. The van der Waals surface area contributed by atoms with Gasteiger partial charge in [-0.05, 0) is 48.4 Å². The summed E-state index contributed by atoms with van der Waals surface area (Å²) in [7, 11) is -3.80. The molecule has 2 aromatic carbocycles. The molecule has 4 nitrogen and oxygen atoms in total. The molecule has 0 spiro atoms. The number of sulfonamides is 1. The van der Waals surface area contributed by atoms with Crippen molar-refractivity contribution in [3.8, 4) is 5.75 Å². The Balaban J connectivity index is 2.17. The molecule has 0 bridgehead atoms. The van der Waals surface area contributed by atoms with E-state index in [1.165, 1.54) is 30.3 Å². The number of aryl methyl sites for hydroxylation is 1. The van der Waals surface area contributed by atoms with Crippen LogP contribution in [0.1, 0.15) is 11.1 Å². The molecule has 2 N–H and O–H groups in total. The molecule has 2 rings (SSSR count). The standard InChI is InChI=1S/C14H13ClFNO3S/c1-9-6-11(16)3-2-10(9)8-20-14-5-4-12(7-13(14)15)21(17,18)19/h2-7H,8H2,1H3,(H2,17,18,19). The molecule has 7 heteroatoms. The van der Waals surface area contributed by atoms with Gasteiger partial charge in [0, 0.05) is 0 Å². The van der Waals surface area contributed by atoms with Crippen LogP contribution in [0.4, 0.5) is 4.39 Å². The first-order valence-corrected chi connectivity index (χ1v) is 7.90. The van der Waals surface area contributed by atoms with Crippen molar-refractivity contribution in [2.75, 3.05) is 0 Å². The molecule has 2 aromatic rings. The molecule has 0 fully saturated rings. The van der Waals surface area contributed by atoms with Gasteiger partial charge in [0.1, 0.15) is 18.2 Å². The van der Waals surface area contributed by atoms with E-state index < -0.39 is 10.0 Å². The van der Waals surface area contributed by atoms with Crippen molar-refractivity contribution < 1.29 is 17.5 Å². The first-order chi connectivity index (χ1) is 9.77. The average Bonchev–Trinajstić information content (AvgIpc) is 2.38. The molecule has 0 amide bonds. The molecule has 21 heavy (non-hydrogen) atoms. The normalized spacial score (nSPS) is 11.4. The summed E-state index contributed by atoms with van der Waals surface area (Å²) in [5.41, 5.74) is 1.57. The van der Waals surface area contributed by atoms with Gasteiger partial charge in [0.05, 0.1) is 9.92 Å². The molecule has 0 atom stereocenters. The van der Waals surface area contributed by atoms with E-state index in [-0.39, 0.29) is 22.3 Å². The van der Waals surface area contributed by atoms with E-state index in [1.54, 1.807) is 13.0 Å². The Kier molecular flexibility index (Phi) is 4.51. The Morgan fingerprint density at radius 3 is 2.52 bits per heavy atom. The minimum atomic E-state index is -3.80. The zero-order chi connectivity index (χ0) is 15.6. The van der Waals surface area contributed by atoms with Crippen molar-refractivity contribution in [1.29, 1.82) is 0 Å². The minimum absolute atomic E-state index is 0.0854. The van der Waals surface area contributed by atoms with E-state index in [4.69, 9.17) is 21.5 Å².